The molecule has 1 aliphatic heterocycles. The third-order valence-electron chi connectivity index (χ3n) is 4.90. The zero-order chi connectivity index (χ0) is 20.4. The normalized spacial score (nSPS) is 12.4. The summed E-state index contributed by atoms with van der Waals surface area (Å²) in [5.74, 6) is -0.690. The number of aromatic nitrogens is 1. The molecule has 0 saturated carbocycles. The topological polar surface area (TPSA) is 79.4 Å². The highest BCUT2D eigenvalue weighted by Gasteiger charge is 2.25. The third-order valence-corrected chi connectivity index (χ3v) is 4.90. The number of fused-ring (bicyclic) bond motifs is 1. The summed E-state index contributed by atoms with van der Waals surface area (Å²) < 4.78 is 0. The highest BCUT2D eigenvalue weighted by atomic mass is 16.2. The summed E-state index contributed by atoms with van der Waals surface area (Å²) in [6.45, 7) is 2.08. The Bertz CT molecular complexity index is 1120. The molecule has 2 amide bonds. The van der Waals surface area contributed by atoms with Gasteiger partial charge in [0.2, 0.25) is 0 Å². The van der Waals surface area contributed by atoms with Crippen LogP contribution in [0.2, 0.25) is 0 Å². The number of rotatable bonds is 4. The molecule has 1 N–H and O–H groups in total. The second-order valence-corrected chi connectivity index (χ2v) is 6.86. The van der Waals surface area contributed by atoms with E-state index >= 15 is 0 Å². The monoisotopic (exact) mass is 385 g/mol. The fourth-order valence-electron chi connectivity index (χ4n) is 3.40. The van der Waals surface area contributed by atoms with Crippen LogP contribution in [0.3, 0.4) is 0 Å². The van der Waals surface area contributed by atoms with Gasteiger partial charge in [-0.25, -0.2) is 0 Å². The number of hydrogen-bond acceptors (Lipinski definition) is 4. The van der Waals surface area contributed by atoms with E-state index in [1.165, 1.54) is 19.2 Å². The molecule has 0 aliphatic carbocycles. The fraction of sp³-hybridized carbons (Fsp3) is 0.130. The average molecular weight is 385 g/mol. The number of Topliss-reactive ketones (excluding diaryl/α,β-unsaturated/α-hetero) is 1. The van der Waals surface area contributed by atoms with Crippen molar-refractivity contribution in [3.8, 4) is 0 Å². The fourth-order valence-corrected chi connectivity index (χ4v) is 3.40. The van der Waals surface area contributed by atoms with Gasteiger partial charge in [0.05, 0.1) is 0 Å². The molecule has 0 bridgehead atoms. The van der Waals surface area contributed by atoms with Crippen molar-refractivity contribution >= 4 is 29.0 Å². The van der Waals surface area contributed by atoms with E-state index in [-0.39, 0.29) is 17.4 Å². The first-order valence-electron chi connectivity index (χ1n) is 9.31. The molecule has 1 aliphatic rings. The lowest BCUT2D eigenvalue weighted by molar-refractivity contribution is 0.0986. The predicted molar refractivity (Wildman–Crippen MR) is 110 cm³/mol. The zero-order valence-electron chi connectivity index (χ0n) is 15.9. The number of ketones is 1. The first kappa shape index (κ1) is 18.6. The molecule has 1 aromatic heterocycles. The Morgan fingerprint density at radius 3 is 2.62 bits per heavy atom. The van der Waals surface area contributed by atoms with Gasteiger partial charge in [0.15, 0.2) is 5.78 Å². The highest BCUT2D eigenvalue weighted by Crippen LogP contribution is 2.28. The maximum atomic E-state index is 13.0. The van der Waals surface area contributed by atoms with E-state index in [2.05, 4.69) is 10.3 Å². The van der Waals surface area contributed by atoms with Gasteiger partial charge in [-0.3, -0.25) is 19.4 Å². The predicted octanol–water partition coefficient (Wildman–Crippen LogP) is 3.74. The lowest BCUT2D eigenvalue weighted by Crippen LogP contribution is -2.29. The van der Waals surface area contributed by atoms with Gasteiger partial charge >= 0.3 is 0 Å². The van der Waals surface area contributed by atoms with Crippen LogP contribution in [-0.4, -0.2) is 29.1 Å². The van der Waals surface area contributed by atoms with Crippen molar-refractivity contribution in [1.82, 2.24) is 4.98 Å². The van der Waals surface area contributed by atoms with Crippen molar-refractivity contribution in [1.29, 1.82) is 0 Å². The Hall–Kier alpha value is -3.80. The van der Waals surface area contributed by atoms with Crippen LogP contribution >= 0.6 is 0 Å². The van der Waals surface area contributed by atoms with Gasteiger partial charge in [-0.15, -0.1) is 0 Å². The number of benzene rings is 2. The van der Waals surface area contributed by atoms with Crippen LogP contribution in [0.15, 0.2) is 66.9 Å². The lowest BCUT2D eigenvalue weighted by Gasteiger charge is -2.17. The molecule has 6 heteroatoms. The molecule has 2 heterocycles. The number of carbonyl (C=O) groups is 3. The minimum Gasteiger partial charge on any atom is -0.321 e. The standard InChI is InChI=1S/C23H19N3O3/c1-15(27)17-6-4-7-19(13-17)25-22(28)20-14-18(9-11-24-20)23(29)26-12-10-16-5-2-3-8-21(16)26/h2-9,11,13-14H,10,12H2,1H3,(H,25,28). The summed E-state index contributed by atoms with van der Waals surface area (Å²) >= 11 is 0. The first-order valence-corrected chi connectivity index (χ1v) is 9.31. The molecule has 144 valence electrons. The van der Waals surface area contributed by atoms with Gasteiger partial charge in [-0.1, -0.05) is 30.3 Å². The molecule has 4 rings (SSSR count). The zero-order valence-corrected chi connectivity index (χ0v) is 15.9. The Morgan fingerprint density at radius 1 is 0.966 bits per heavy atom. The smallest absolute Gasteiger partial charge is 0.274 e. The van der Waals surface area contributed by atoms with Crippen molar-refractivity contribution in [2.45, 2.75) is 13.3 Å². The van der Waals surface area contributed by atoms with Crippen LogP contribution in [-0.2, 0) is 6.42 Å². The number of para-hydroxylation sites is 1. The molecule has 0 unspecified atom stereocenters. The quantitative estimate of drug-likeness (QED) is 0.694. The van der Waals surface area contributed by atoms with Gasteiger partial charge in [-0.2, -0.15) is 0 Å². The molecule has 0 saturated heterocycles. The Balaban J connectivity index is 1.54. The third kappa shape index (κ3) is 3.78. The van der Waals surface area contributed by atoms with Gasteiger partial charge < -0.3 is 10.2 Å². The van der Waals surface area contributed by atoms with Crippen molar-refractivity contribution in [2.24, 2.45) is 0 Å². The molecular formula is C23H19N3O3. The molecule has 0 atom stereocenters. The van der Waals surface area contributed by atoms with Gasteiger partial charge in [0, 0.05) is 35.2 Å². The van der Waals surface area contributed by atoms with E-state index in [1.54, 1.807) is 35.2 Å². The van der Waals surface area contributed by atoms with Crippen molar-refractivity contribution in [2.75, 3.05) is 16.8 Å². The van der Waals surface area contributed by atoms with Gasteiger partial charge in [0.25, 0.3) is 11.8 Å². The summed E-state index contributed by atoms with van der Waals surface area (Å²) in [6, 6.07) is 17.6. The summed E-state index contributed by atoms with van der Waals surface area (Å²) in [5.41, 5.74) is 3.58. The second kappa shape index (κ2) is 7.67. The van der Waals surface area contributed by atoms with E-state index in [0.717, 1.165) is 17.7 Å². The summed E-state index contributed by atoms with van der Waals surface area (Å²) in [6.07, 6.45) is 2.27. The SMILES string of the molecule is CC(=O)c1cccc(NC(=O)c2cc(C(=O)N3CCc4ccccc43)ccn2)c1. The van der Waals surface area contributed by atoms with Crippen LogP contribution in [0, 0.1) is 0 Å². The van der Waals surface area contributed by atoms with E-state index in [0.29, 0.717) is 23.4 Å². The summed E-state index contributed by atoms with van der Waals surface area (Å²) in [5, 5.41) is 2.73. The minimum atomic E-state index is -0.442. The summed E-state index contributed by atoms with van der Waals surface area (Å²) in [7, 11) is 0. The number of anilines is 2. The van der Waals surface area contributed by atoms with Crippen LogP contribution in [0.25, 0.3) is 0 Å². The van der Waals surface area contributed by atoms with E-state index in [1.807, 2.05) is 24.3 Å². The molecule has 0 spiro atoms. The largest absolute Gasteiger partial charge is 0.321 e. The summed E-state index contributed by atoms with van der Waals surface area (Å²) in [4.78, 5) is 42.9. The number of nitrogens with zero attached hydrogens (tertiary/aromatic N) is 2. The number of nitrogens with one attached hydrogen (secondary N) is 1. The minimum absolute atomic E-state index is 0.0855. The van der Waals surface area contributed by atoms with Crippen molar-refractivity contribution < 1.29 is 14.4 Å². The molecule has 29 heavy (non-hydrogen) atoms. The average Bonchev–Trinajstić information content (AvgIpc) is 3.17. The van der Waals surface area contributed by atoms with Crippen LogP contribution in [0.1, 0.15) is 43.7 Å². The van der Waals surface area contributed by atoms with Crippen LogP contribution in [0.5, 0.6) is 0 Å². The number of pyridine rings is 1. The Kier molecular flexibility index (Phi) is 4.91. The Morgan fingerprint density at radius 2 is 1.79 bits per heavy atom. The van der Waals surface area contributed by atoms with Crippen LogP contribution in [0.4, 0.5) is 11.4 Å². The first-order chi connectivity index (χ1) is 14.0. The van der Waals surface area contributed by atoms with Crippen molar-refractivity contribution in [3.63, 3.8) is 0 Å². The molecule has 2 aromatic carbocycles. The molecule has 3 aromatic rings. The van der Waals surface area contributed by atoms with Gasteiger partial charge in [0.1, 0.15) is 5.69 Å². The van der Waals surface area contributed by atoms with E-state index in [9.17, 15) is 14.4 Å². The number of hydrogen-bond donors (Lipinski definition) is 1. The Labute approximate surface area is 168 Å². The lowest BCUT2D eigenvalue weighted by atomic mass is 10.1. The maximum Gasteiger partial charge on any atom is 0.274 e. The van der Waals surface area contributed by atoms with E-state index in [4.69, 9.17) is 0 Å². The van der Waals surface area contributed by atoms with Gasteiger partial charge in [-0.05, 0) is 49.2 Å². The maximum absolute atomic E-state index is 13.0. The molecule has 0 radical (unpaired) electrons. The van der Waals surface area contributed by atoms with E-state index < -0.39 is 5.91 Å². The molecular weight excluding hydrogens is 366 g/mol. The number of amides is 2. The molecule has 6 nitrogen and oxygen atoms in total. The molecule has 0 fully saturated rings. The highest BCUT2D eigenvalue weighted by molar-refractivity contribution is 6.09. The van der Waals surface area contributed by atoms with Crippen molar-refractivity contribution in [3.05, 3.63) is 89.2 Å². The number of carbonyl (C=O) groups excluding carboxylic acids is 3. The van der Waals surface area contributed by atoms with Crippen LogP contribution < -0.4 is 10.2 Å². The second-order valence-electron chi connectivity index (χ2n) is 6.86.